The Balaban J connectivity index is 1.70. The van der Waals surface area contributed by atoms with Gasteiger partial charge in [-0.2, -0.15) is 0 Å². The average Bonchev–Trinajstić information content (AvgIpc) is 3.16. The van der Waals surface area contributed by atoms with Crippen LogP contribution in [0.2, 0.25) is 0 Å². The molecule has 0 spiro atoms. The molecule has 9 heteroatoms. The molecule has 1 aromatic heterocycles. The molecule has 0 radical (unpaired) electrons. The van der Waals surface area contributed by atoms with Crippen LogP contribution in [0.4, 0.5) is 13.2 Å². The highest BCUT2D eigenvalue weighted by atomic mass is 19.4. The molecular formula is C20H16F3N3O3. The highest BCUT2D eigenvalue weighted by Gasteiger charge is 2.30. The van der Waals surface area contributed by atoms with E-state index in [1.165, 1.54) is 41.4 Å². The minimum atomic E-state index is -4.74. The number of benzene rings is 2. The molecule has 0 N–H and O–H groups in total. The zero-order chi connectivity index (χ0) is 20.9. The van der Waals surface area contributed by atoms with Crippen molar-refractivity contribution in [2.45, 2.75) is 13.3 Å². The van der Waals surface area contributed by atoms with Gasteiger partial charge in [-0.25, -0.2) is 14.5 Å². The third-order valence-corrected chi connectivity index (χ3v) is 3.69. The van der Waals surface area contributed by atoms with Crippen molar-refractivity contribution < 1.29 is 27.4 Å². The smallest absolute Gasteiger partial charge is 0.463 e. The summed E-state index contributed by atoms with van der Waals surface area (Å²) in [7, 11) is 0. The molecule has 0 aliphatic carbocycles. The Morgan fingerprint density at radius 2 is 1.79 bits per heavy atom. The van der Waals surface area contributed by atoms with Crippen molar-refractivity contribution in [1.29, 1.82) is 0 Å². The van der Waals surface area contributed by atoms with Gasteiger partial charge in [-0.1, -0.05) is 24.3 Å². The maximum atomic E-state index is 12.2. The number of hydrogen-bond donors (Lipinski definition) is 0. The van der Waals surface area contributed by atoms with Crippen LogP contribution in [0.5, 0.6) is 5.75 Å². The molecule has 6 nitrogen and oxygen atoms in total. The number of aromatic nitrogens is 3. The Hall–Kier alpha value is -3.62. The number of carbonyl (C=O) groups excluding carboxylic acids is 1. The lowest BCUT2D eigenvalue weighted by Gasteiger charge is -2.09. The second kappa shape index (κ2) is 8.59. The van der Waals surface area contributed by atoms with Gasteiger partial charge in [0.15, 0.2) is 5.82 Å². The van der Waals surface area contributed by atoms with Gasteiger partial charge < -0.3 is 9.47 Å². The van der Waals surface area contributed by atoms with E-state index >= 15 is 0 Å². The summed E-state index contributed by atoms with van der Waals surface area (Å²) in [6, 6.07) is 12.5. The number of halogens is 3. The molecule has 2 aromatic carbocycles. The predicted molar refractivity (Wildman–Crippen MR) is 99.1 cm³/mol. The van der Waals surface area contributed by atoms with Gasteiger partial charge in [-0.05, 0) is 42.8 Å². The van der Waals surface area contributed by atoms with E-state index in [1.54, 1.807) is 37.3 Å². The third-order valence-electron chi connectivity index (χ3n) is 3.69. The lowest BCUT2D eigenvalue weighted by molar-refractivity contribution is -0.274. The van der Waals surface area contributed by atoms with Gasteiger partial charge in [-0.3, -0.25) is 0 Å². The lowest BCUT2D eigenvalue weighted by atomic mass is 10.1. The summed E-state index contributed by atoms with van der Waals surface area (Å²) in [6.07, 6.45) is -0.293. The molecule has 0 aliphatic heterocycles. The second-order valence-corrected chi connectivity index (χ2v) is 5.76. The molecule has 3 rings (SSSR count). The number of esters is 1. The van der Waals surface area contributed by atoms with Crippen LogP contribution in [0.1, 0.15) is 12.5 Å². The summed E-state index contributed by atoms with van der Waals surface area (Å²) in [5.41, 5.74) is 2.09. The van der Waals surface area contributed by atoms with E-state index in [9.17, 15) is 18.0 Å². The highest BCUT2D eigenvalue weighted by molar-refractivity contribution is 5.87. The summed E-state index contributed by atoms with van der Waals surface area (Å²) in [4.78, 5) is 15.6. The lowest BCUT2D eigenvalue weighted by Crippen LogP contribution is -2.17. The van der Waals surface area contributed by atoms with Gasteiger partial charge in [0.2, 0.25) is 0 Å². The fourth-order valence-electron chi connectivity index (χ4n) is 2.42. The van der Waals surface area contributed by atoms with E-state index < -0.39 is 12.3 Å². The topological polar surface area (TPSA) is 66.2 Å². The molecule has 3 aromatic rings. The van der Waals surface area contributed by atoms with Crippen molar-refractivity contribution in [2.24, 2.45) is 0 Å². The maximum Gasteiger partial charge on any atom is 0.573 e. The van der Waals surface area contributed by atoms with E-state index in [4.69, 9.17) is 4.74 Å². The Morgan fingerprint density at radius 3 is 2.41 bits per heavy atom. The predicted octanol–water partition coefficient (Wildman–Crippen LogP) is 4.41. The normalized spacial score (nSPS) is 11.6. The first-order chi connectivity index (χ1) is 13.8. The molecule has 0 aliphatic rings. The van der Waals surface area contributed by atoms with Crippen molar-refractivity contribution in [2.75, 3.05) is 6.61 Å². The van der Waals surface area contributed by atoms with Crippen molar-refractivity contribution in [3.63, 3.8) is 0 Å². The molecule has 1 heterocycles. The summed E-state index contributed by atoms with van der Waals surface area (Å²) in [5.74, 6) is -0.279. The summed E-state index contributed by atoms with van der Waals surface area (Å²) < 4.78 is 46.8. The van der Waals surface area contributed by atoms with Gasteiger partial charge in [0.25, 0.3) is 0 Å². The molecule has 0 fully saturated rings. The average molecular weight is 403 g/mol. The minimum absolute atomic E-state index is 0.312. The Labute approximate surface area is 164 Å². The van der Waals surface area contributed by atoms with Crippen LogP contribution < -0.4 is 4.74 Å². The van der Waals surface area contributed by atoms with E-state index in [-0.39, 0.29) is 5.75 Å². The number of alkyl halides is 3. The third kappa shape index (κ3) is 5.68. The summed E-state index contributed by atoms with van der Waals surface area (Å²) >= 11 is 0. The molecule has 0 atom stereocenters. The second-order valence-electron chi connectivity index (χ2n) is 5.76. The largest absolute Gasteiger partial charge is 0.573 e. The van der Waals surface area contributed by atoms with Crippen molar-refractivity contribution >= 4 is 12.0 Å². The molecule has 0 bridgehead atoms. The molecule has 0 amide bonds. The van der Waals surface area contributed by atoms with Crippen molar-refractivity contribution in [3.05, 3.63) is 66.5 Å². The SMILES string of the molecule is CCOC(=O)C=Cc1ccc(-c2ncn(-c3ccc(OC(F)(F)F)cc3)n2)cc1. The summed E-state index contributed by atoms with van der Waals surface area (Å²) in [6.45, 7) is 2.05. The fraction of sp³-hybridized carbons (Fsp3) is 0.150. The van der Waals surface area contributed by atoms with Crippen LogP contribution in [0.15, 0.2) is 60.9 Å². The van der Waals surface area contributed by atoms with Gasteiger partial charge in [-0.15, -0.1) is 18.3 Å². The number of rotatable bonds is 6. The first-order valence-corrected chi connectivity index (χ1v) is 8.57. The number of carbonyl (C=O) groups is 1. The number of ether oxygens (including phenoxy) is 2. The van der Waals surface area contributed by atoms with Crippen LogP contribution >= 0.6 is 0 Å². The van der Waals surface area contributed by atoms with Crippen LogP contribution in [0.3, 0.4) is 0 Å². The number of hydrogen-bond acceptors (Lipinski definition) is 5. The minimum Gasteiger partial charge on any atom is -0.463 e. The van der Waals surface area contributed by atoms with Crippen LogP contribution in [0, 0.1) is 0 Å². The van der Waals surface area contributed by atoms with Crippen LogP contribution in [-0.4, -0.2) is 33.7 Å². The molecule has 0 saturated carbocycles. The first kappa shape index (κ1) is 20.1. The van der Waals surface area contributed by atoms with Gasteiger partial charge in [0.1, 0.15) is 12.1 Å². The first-order valence-electron chi connectivity index (χ1n) is 8.57. The standard InChI is InChI=1S/C20H16F3N3O3/c1-2-28-18(27)12-5-14-3-6-15(7-4-14)19-24-13-26(25-19)16-8-10-17(11-9-16)29-20(21,22)23/h3-13H,2H2,1H3. The zero-order valence-electron chi connectivity index (χ0n) is 15.3. The van der Waals surface area contributed by atoms with Gasteiger partial charge in [0.05, 0.1) is 12.3 Å². The Kier molecular flexibility index (Phi) is 5.96. The quantitative estimate of drug-likeness (QED) is 0.451. The van der Waals surface area contributed by atoms with E-state index in [2.05, 4.69) is 14.8 Å². The molecule has 0 saturated heterocycles. The van der Waals surface area contributed by atoms with Gasteiger partial charge >= 0.3 is 12.3 Å². The monoisotopic (exact) mass is 403 g/mol. The zero-order valence-corrected chi connectivity index (χ0v) is 15.3. The number of nitrogens with zero attached hydrogens (tertiary/aromatic N) is 3. The van der Waals surface area contributed by atoms with E-state index in [0.29, 0.717) is 18.1 Å². The Morgan fingerprint density at radius 1 is 1.10 bits per heavy atom. The van der Waals surface area contributed by atoms with Crippen molar-refractivity contribution in [3.8, 4) is 22.8 Å². The van der Waals surface area contributed by atoms with Crippen LogP contribution in [-0.2, 0) is 9.53 Å². The molecule has 150 valence electrons. The molecule has 0 unspecified atom stereocenters. The van der Waals surface area contributed by atoms with Crippen molar-refractivity contribution in [1.82, 2.24) is 14.8 Å². The van der Waals surface area contributed by atoms with E-state index in [1.807, 2.05) is 0 Å². The molecule has 29 heavy (non-hydrogen) atoms. The summed E-state index contributed by atoms with van der Waals surface area (Å²) in [5, 5.41) is 4.33. The Bertz CT molecular complexity index is 994. The highest BCUT2D eigenvalue weighted by Crippen LogP contribution is 2.24. The fourth-order valence-corrected chi connectivity index (χ4v) is 2.42. The van der Waals surface area contributed by atoms with Crippen LogP contribution in [0.25, 0.3) is 23.2 Å². The maximum absolute atomic E-state index is 12.2. The van der Waals surface area contributed by atoms with Gasteiger partial charge in [0, 0.05) is 11.6 Å². The van der Waals surface area contributed by atoms with E-state index in [0.717, 1.165) is 11.1 Å². The molecular weight excluding hydrogens is 387 g/mol.